The lowest BCUT2D eigenvalue weighted by Crippen LogP contribution is -2.24. The highest BCUT2D eigenvalue weighted by atomic mass is 16.5. The SMILES string of the molecule is CC(C)Cc1ccccc1C(=O)NCc1ccc(COC2CCOCC2)cc1. The minimum atomic E-state index is -0.0109. The molecule has 0 saturated carbocycles. The fourth-order valence-electron chi connectivity index (χ4n) is 3.45. The van der Waals surface area contributed by atoms with Crippen molar-refractivity contribution in [3.63, 3.8) is 0 Å². The average Bonchev–Trinajstić information content (AvgIpc) is 2.72. The van der Waals surface area contributed by atoms with Crippen LogP contribution in [0.15, 0.2) is 48.5 Å². The summed E-state index contributed by atoms with van der Waals surface area (Å²) >= 11 is 0. The Morgan fingerprint density at radius 1 is 1.07 bits per heavy atom. The minimum absolute atomic E-state index is 0.0109. The fourth-order valence-corrected chi connectivity index (χ4v) is 3.45. The van der Waals surface area contributed by atoms with Crippen LogP contribution in [-0.2, 0) is 29.0 Å². The van der Waals surface area contributed by atoms with Crippen LogP contribution in [0.4, 0.5) is 0 Å². The summed E-state index contributed by atoms with van der Waals surface area (Å²) in [5.74, 6) is 0.507. The first kappa shape index (κ1) is 20.6. The summed E-state index contributed by atoms with van der Waals surface area (Å²) in [6.45, 7) is 7.08. The van der Waals surface area contributed by atoms with Gasteiger partial charge in [-0.3, -0.25) is 4.79 Å². The third-order valence-electron chi connectivity index (χ3n) is 5.02. The highest BCUT2D eigenvalue weighted by molar-refractivity contribution is 5.95. The van der Waals surface area contributed by atoms with Gasteiger partial charge in [0.2, 0.25) is 0 Å². The van der Waals surface area contributed by atoms with E-state index in [2.05, 4.69) is 43.4 Å². The molecule has 1 heterocycles. The number of hydrogen-bond acceptors (Lipinski definition) is 3. The number of rotatable bonds is 8. The van der Waals surface area contributed by atoms with E-state index in [0.29, 0.717) is 25.2 Å². The number of carbonyl (C=O) groups excluding carboxylic acids is 1. The van der Waals surface area contributed by atoms with E-state index in [1.165, 1.54) is 0 Å². The van der Waals surface area contributed by atoms with E-state index in [4.69, 9.17) is 9.47 Å². The number of carbonyl (C=O) groups is 1. The van der Waals surface area contributed by atoms with Crippen LogP contribution in [0.1, 0.15) is 53.7 Å². The molecule has 0 radical (unpaired) electrons. The van der Waals surface area contributed by atoms with Gasteiger partial charge in [0, 0.05) is 25.3 Å². The molecule has 1 aliphatic heterocycles. The molecule has 4 nitrogen and oxygen atoms in total. The summed E-state index contributed by atoms with van der Waals surface area (Å²) in [7, 11) is 0. The van der Waals surface area contributed by atoms with Crippen LogP contribution in [0.3, 0.4) is 0 Å². The van der Waals surface area contributed by atoms with E-state index in [9.17, 15) is 4.79 Å². The van der Waals surface area contributed by atoms with Crippen LogP contribution < -0.4 is 5.32 Å². The molecule has 0 spiro atoms. The van der Waals surface area contributed by atoms with Gasteiger partial charge in [0.1, 0.15) is 0 Å². The Labute approximate surface area is 168 Å². The molecule has 0 bridgehead atoms. The lowest BCUT2D eigenvalue weighted by molar-refractivity contribution is -0.0390. The fraction of sp³-hybridized carbons (Fsp3) is 0.458. The maximum Gasteiger partial charge on any atom is 0.251 e. The van der Waals surface area contributed by atoms with Crippen molar-refractivity contribution in [3.05, 3.63) is 70.8 Å². The smallest absolute Gasteiger partial charge is 0.251 e. The molecule has 2 aromatic rings. The van der Waals surface area contributed by atoms with Crippen molar-refractivity contribution in [1.82, 2.24) is 5.32 Å². The van der Waals surface area contributed by atoms with Crippen molar-refractivity contribution >= 4 is 5.91 Å². The summed E-state index contributed by atoms with van der Waals surface area (Å²) in [5, 5.41) is 3.05. The van der Waals surface area contributed by atoms with Gasteiger partial charge in [-0.05, 0) is 47.9 Å². The number of hydrogen-bond donors (Lipinski definition) is 1. The molecule has 28 heavy (non-hydrogen) atoms. The van der Waals surface area contributed by atoms with Gasteiger partial charge >= 0.3 is 0 Å². The molecule has 0 aliphatic carbocycles. The van der Waals surface area contributed by atoms with Gasteiger partial charge in [0.05, 0.1) is 12.7 Å². The Balaban J connectivity index is 1.50. The van der Waals surface area contributed by atoms with Gasteiger partial charge in [0.15, 0.2) is 0 Å². The van der Waals surface area contributed by atoms with Crippen molar-refractivity contribution in [2.24, 2.45) is 5.92 Å². The normalized spacial score (nSPS) is 15.0. The molecule has 1 amide bonds. The second-order valence-corrected chi connectivity index (χ2v) is 7.88. The van der Waals surface area contributed by atoms with E-state index in [-0.39, 0.29) is 5.91 Å². The van der Waals surface area contributed by atoms with Crippen molar-refractivity contribution in [1.29, 1.82) is 0 Å². The van der Waals surface area contributed by atoms with Gasteiger partial charge < -0.3 is 14.8 Å². The first-order valence-corrected chi connectivity index (χ1v) is 10.2. The first-order chi connectivity index (χ1) is 13.6. The average molecular weight is 382 g/mol. The molecule has 4 heteroatoms. The monoisotopic (exact) mass is 381 g/mol. The van der Waals surface area contributed by atoms with E-state index < -0.39 is 0 Å². The Morgan fingerprint density at radius 3 is 2.46 bits per heavy atom. The van der Waals surface area contributed by atoms with Crippen molar-refractivity contribution in [3.8, 4) is 0 Å². The molecule has 0 unspecified atom stereocenters. The van der Waals surface area contributed by atoms with Gasteiger partial charge in [-0.25, -0.2) is 0 Å². The van der Waals surface area contributed by atoms with Gasteiger partial charge in [0.25, 0.3) is 5.91 Å². The van der Waals surface area contributed by atoms with Crippen LogP contribution in [0.5, 0.6) is 0 Å². The Bertz CT molecular complexity index is 749. The molecule has 0 aromatic heterocycles. The van der Waals surface area contributed by atoms with Crippen LogP contribution in [0.25, 0.3) is 0 Å². The van der Waals surface area contributed by atoms with Crippen LogP contribution in [0, 0.1) is 5.92 Å². The minimum Gasteiger partial charge on any atom is -0.381 e. The van der Waals surface area contributed by atoms with Gasteiger partial charge in [-0.1, -0.05) is 56.3 Å². The molecular weight excluding hydrogens is 350 g/mol. The molecule has 1 aliphatic rings. The number of ether oxygens (including phenoxy) is 2. The zero-order valence-electron chi connectivity index (χ0n) is 16.9. The van der Waals surface area contributed by atoms with Crippen molar-refractivity contribution in [2.75, 3.05) is 13.2 Å². The van der Waals surface area contributed by atoms with E-state index in [1.54, 1.807) is 0 Å². The quantitative estimate of drug-likeness (QED) is 0.732. The summed E-state index contributed by atoms with van der Waals surface area (Å²) in [4.78, 5) is 12.6. The summed E-state index contributed by atoms with van der Waals surface area (Å²) in [6.07, 6.45) is 3.16. The van der Waals surface area contributed by atoms with E-state index >= 15 is 0 Å². The van der Waals surface area contributed by atoms with Crippen LogP contribution in [-0.4, -0.2) is 25.2 Å². The zero-order valence-corrected chi connectivity index (χ0v) is 16.9. The Hall–Kier alpha value is -2.17. The summed E-state index contributed by atoms with van der Waals surface area (Å²) < 4.78 is 11.3. The second kappa shape index (κ2) is 10.4. The highest BCUT2D eigenvalue weighted by Crippen LogP contribution is 2.15. The highest BCUT2D eigenvalue weighted by Gasteiger charge is 2.14. The maximum absolute atomic E-state index is 12.6. The van der Waals surface area contributed by atoms with E-state index in [1.807, 2.05) is 24.3 Å². The lowest BCUT2D eigenvalue weighted by atomic mass is 9.97. The summed E-state index contributed by atoms with van der Waals surface area (Å²) in [6, 6.07) is 16.1. The third kappa shape index (κ3) is 6.18. The number of benzene rings is 2. The topological polar surface area (TPSA) is 47.6 Å². The lowest BCUT2D eigenvalue weighted by Gasteiger charge is -2.22. The van der Waals surface area contributed by atoms with Crippen molar-refractivity contribution < 1.29 is 14.3 Å². The Kier molecular flexibility index (Phi) is 7.63. The van der Waals surface area contributed by atoms with Gasteiger partial charge in [-0.2, -0.15) is 0 Å². The molecule has 3 rings (SSSR count). The largest absolute Gasteiger partial charge is 0.381 e. The molecule has 1 fully saturated rings. The molecule has 1 saturated heterocycles. The van der Waals surface area contributed by atoms with Crippen molar-refractivity contribution in [2.45, 2.75) is 52.4 Å². The molecule has 0 atom stereocenters. The molecule has 1 N–H and O–H groups in total. The standard InChI is InChI=1S/C24H31NO3/c1-18(2)15-21-5-3-4-6-23(21)24(26)25-16-19-7-9-20(10-8-19)17-28-22-11-13-27-14-12-22/h3-10,18,22H,11-17H2,1-2H3,(H,25,26). The zero-order chi connectivity index (χ0) is 19.8. The Morgan fingerprint density at radius 2 is 1.75 bits per heavy atom. The molecular formula is C24H31NO3. The maximum atomic E-state index is 12.6. The first-order valence-electron chi connectivity index (χ1n) is 10.2. The predicted octanol–water partition coefficient (Wildman–Crippen LogP) is 4.51. The number of amides is 1. The molecule has 150 valence electrons. The third-order valence-corrected chi connectivity index (χ3v) is 5.02. The number of nitrogens with one attached hydrogen (secondary N) is 1. The van der Waals surface area contributed by atoms with Gasteiger partial charge in [-0.15, -0.1) is 0 Å². The second-order valence-electron chi connectivity index (χ2n) is 7.88. The van der Waals surface area contributed by atoms with E-state index in [0.717, 1.165) is 54.7 Å². The van der Waals surface area contributed by atoms with Crippen LogP contribution in [0.2, 0.25) is 0 Å². The summed E-state index contributed by atoms with van der Waals surface area (Å²) in [5.41, 5.74) is 4.13. The predicted molar refractivity (Wildman–Crippen MR) is 111 cm³/mol. The van der Waals surface area contributed by atoms with Crippen LogP contribution >= 0.6 is 0 Å². The molecule has 2 aromatic carbocycles.